The molecule has 1 unspecified atom stereocenters. The molecule has 7 heteroatoms. The Hall–Kier alpha value is -2.02. The number of hydrogen-bond donors (Lipinski definition) is 0. The smallest absolute Gasteiger partial charge is 0.235 e. The first-order chi connectivity index (χ1) is 13.9. The second-order valence-electron chi connectivity index (χ2n) is 7.85. The van der Waals surface area contributed by atoms with Crippen LogP contribution in [-0.4, -0.2) is 57.0 Å². The molecule has 2 aromatic rings. The number of anilines is 1. The van der Waals surface area contributed by atoms with E-state index < -0.39 is 0 Å². The van der Waals surface area contributed by atoms with Crippen LogP contribution in [0.2, 0.25) is 0 Å². The predicted octanol–water partition coefficient (Wildman–Crippen LogP) is 4.07. The van der Waals surface area contributed by atoms with E-state index in [9.17, 15) is 4.79 Å². The summed E-state index contributed by atoms with van der Waals surface area (Å²) in [5.41, 5.74) is 2.25. The monoisotopic (exact) mass is 415 g/mol. The van der Waals surface area contributed by atoms with Gasteiger partial charge in [-0.05, 0) is 63.8 Å². The van der Waals surface area contributed by atoms with Crippen LogP contribution in [0.15, 0.2) is 29.4 Å². The molecule has 1 aliphatic rings. The highest BCUT2D eigenvalue weighted by atomic mass is 32.2. The molecular weight excluding hydrogens is 382 g/mol. The minimum atomic E-state index is -0.163. The molecule has 0 bridgehead atoms. The highest BCUT2D eigenvalue weighted by Gasteiger charge is 2.26. The van der Waals surface area contributed by atoms with Crippen molar-refractivity contribution in [2.24, 2.45) is 13.0 Å². The molecule has 1 fully saturated rings. The van der Waals surface area contributed by atoms with Crippen LogP contribution in [-0.2, 0) is 11.8 Å². The Morgan fingerprint density at radius 2 is 1.79 bits per heavy atom. The van der Waals surface area contributed by atoms with E-state index in [1.54, 1.807) is 0 Å². The van der Waals surface area contributed by atoms with E-state index in [-0.39, 0.29) is 11.2 Å². The number of aromatic nitrogens is 3. The third-order valence-corrected chi connectivity index (χ3v) is 6.94. The lowest BCUT2D eigenvalue weighted by Crippen LogP contribution is -2.41. The van der Waals surface area contributed by atoms with Gasteiger partial charge in [0.25, 0.3) is 0 Å². The van der Waals surface area contributed by atoms with Crippen molar-refractivity contribution >= 4 is 23.4 Å². The number of benzene rings is 1. The fourth-order valence-corrected chi connectivity index (χ4v) is 4.67. The SMILES string of the molecule is CCN(CC)c1ccc(-c2nnc(SC(C)C(=O)N3CCC(C)CC3)n2C)cc1. The molecular formula is C22H33N5OS. The van der Waals surface area contributed by atoms with Gasteiger partial charge in [0, 0.05) is 44.5 Å². The summed E-state index contributed by atoms with van der Waals surface area (Å²) in [5.74, 6) is 1.75. The fourth-order valence-electron chi connectivity index (χ4n) is 3.77. The summed E-state index contributed by atoms with van der Waals surface area (Å²) < 4.78 is 1.99. The lowest BCUT2D eigenvalue weighted by molar-refractivity contribution is -0.131. The molecule has 29 heavy (non-hydrogen) atoms. The van der Waals surface area contributed by atoms with Crippen LogP contribution < -0.4 is 4.90 Å². The van der Waals surface area contributed by atoms with Gasteiger partial charge in [-0.25, -0.2) is 0 Å². The van der Waals surface area contributed by atoms with E-state index in [1.807, 2.05) is 23.4 Å². The second kappa shape index (κ2) is 9.65. The minimum absolute atomic E-state index is 0.163. The summed E-state index contributed by atoms with van der Waals surface area (Å²) in [4.78, 5) is 17.1. The summed E-state index contributed by atoms with van der Waals surface area (Å²) >= 11 is 1.49. The second-order valence-corrected chi connectivity index (χ2v) is 9.16. The van der Waals surface area contributed by atoms with E-state index in [1.165, 1.54) is 17.4 Å². The Kier molecular flexibility index (Phi) is 7.22. The summed E-state index contributed by atoms with van der Waals surface area (Å²) in [5, 5.41) is 9.36. The Morgan fingerprint density at radius 1 is 1.17 bits per heavy atom. The molecule has 0 spiro atoms. The maximum atomic E-state index is 12.8. The van der Waals surface area contributed by atoms with Gasteiger partial charge in [0.1, 0.15) is 0 Å². The van der Waals surface area contributed by atoms with Gasteiger partial charge in [-0.1, -0.05) is 18.7 Å². The quantitative estimate of drug-likeness (QED) is 0.638. The van der Waals surface area contributed by atoms with Crippen molar-refractivity contribution in [3.8, 4) is 11.4 Å². The molecule has 1 aromatic heterocycles. The van der Waals surface area contributed by atoms with Gasteiger partial charge >= 0.3 is 0 Å². The van der Waals surface area contributed by atoms with Crippen molar-refractivity contribution in [2.45, 2.75) is 50.9 Å². The van der Waals surface area contributed by atoms with Gasteiger partial charge in [-0.3, -0.25) is 4.79 Å². The summed E-state index contributed by atoms with van der Waals surface area (Å²) in [7, 11) is 1.97. The molecule has 1 aromatic carbocycles. The molecule has 2 heterocycles. The van der Waals surface area contributed by atoms with Crippen molar-refractivity contribution in [2.75, 3.05) is 31.1 Å². The van der Waals surface area contributed by atoms with Crippen LogP contribution in [0.25, 0.3) is 11.4 Å². The maximum Gasteiger partial charge on any atom is 0.235 e. The van der Waals surface area contributed by atoms with E-state index in [0.29, 0.717) is 0 Å². The predicted molar refractivity (Wildman–Crippen MR) is 120 cm³/mol. The molecule has 0 aliphatic carbocycles. The van der Waals surface area contributed by atoms with Gasteiger partial charge in [0.05, 0.1) is 5.25 Å². The summed E-state index contributed by atoms with van der Waals surface area (Å²) in [6, 6.07) is 8.45. The molecule has 3 rings (SSSR count). The third kappa shape index (κ3) is 4.94. The first-order valence-electron chi connectivity index (χ1n) is 10.6. The number of carbonyl (C=O) groups excluding carboxylic acids is 1. The average Bonchev–Trinajstić information content (AvgIpc) is 3.09. The molecule has 6 nitrogen and oxygen atoms in total. The van der Waals surface area contributed by atoms with Crippen molar-refractivity contribution < 1.29 is 4.79 Å². The first kappa shape index (κ1) is 21.7. The lowest BCUT2D eigenvalue weighted by atomic mass is 9.99. The van der Waals surface area contributed by atoms with Gasteiger partial charge in [0.2, 0.25) is 5.91 Å². The summed E-state index contributed by atoms with van der Waals surface area (Å²) in [6.45, 7) is 12.3. The zero-order valence-corrected chi connectivity index (χ0v) is 19.1. The topological polar surface area (TPSA) is 54.3 Å². The van der Waals surface area contributed by atoms with Crippen molar-refractivity contribution in [1.82, 2.24) is 19.7 Å². The zero-order chi connectivity index (χ0) is 21.0. The molecule has 1 aliphatic heterocycles. The van der Waals surface area contributed by atoms with Gasteiger partial charge < -0.3 is 14.4 Å². The molecule has 1 saturated heterocycles. The molecule has 0 radical (unpaired) electrons. The number of thioether (sulfide) groups is 1. The van der Waals surface area contributed by atoms with Crippen LogP contribution in [0.1, 0.15) is 40.5 Å². The molecule has 158 valence electrons. The van der Waals surface area contributed by atoms with Gasteiger partial charge in [0.15, 0.2) is 11.0 Å². The number of carbonyl (C=O) groups is 1. The highest BCUT2D eigenvalue weighted by Crippen LogP contribution is 2.28. The Labute approximate surface area is 178 Å². The number of nitrogens with zero attached hydrogens (tertiary/aromatic N) is 5. The van der Waals surface area contributed by atoms with Crippen LogP contribution in [0, 0.1) is 5.92 Å². The van der Waals surface area contributed by atoms with Gasteiger partial charge in [-0.2, -0.15) is 0 Å². The standard InChI is InChI=1S/C22H33N5OS/c1-6-26(7-2)19-10-8-18(9-11-19)20-23-24-22(25(20)5)29-17(4)21(28)27-14-12-16(3)13-15-27/h8-11,16-17H,6-7,12-15H2,1-5H3. The first-order valence-corrected chi connectivity index (χ1v) is 11.5. The van der Waals surface area contributed by atoms with Crippen LogP contribution in [0.4, 0.5) is 5.69 Å². The average molecular weight is 416 g/mol. The van der Waals surface area contributed by atoms with Crippen molar-refractivity contribution in [3.63, 3.8) is 0 Å². The Bertz CT molecular complexity index is 807. The van der Waals surface area contributed by atoms with Gasteiger partial charge in [-0.15, -0.1) is 10.2 Å². The van der Waals surface area contributed by atoms with E-state index in [2.05, 4.69) is 60.1 Å². The third-order valence-electron chi connectivity index (χ3n) is 5.81. The lowest BCUT2D eigenvalue weighted by Gasteiger charge is -2.31. The number of hydrogen-bond acceptors (Lipinski definition) is 5. The molecule has 0 saturated carbocycles. The normalized spacial score (nSPS) is 16.1. The number of rotatable bonds is 7. The van der Waals surface area contributed by atoms with Crippen molar-refractivity contribution in [1.29, 1.82) is 0 Å². The molecule has 0 N–H and O–H groups in total. The Morgan fingerprint density at radius 3 is 2.38 bits per heavy atom. The highest BCUT2D eigenvalue weighted by molar-refractivity contribution is 8.00. The molecule has 1 amide bonds. The molecule has 1 atom stereocenters. The fraction of sp³-hybridized carbons (Fsp3) is 0.591. The maximum absolute atomic E-state index is 12.8. The number of amides is 1. The van der Waals surface area contributed by atoms with E-state index in [4.69, 9.17) is 0 Å². The van der Waals surface area contributed by atoms with Crippen LogP contribution in [0.5, 0.6) is 0 Å². The largest absolute Gasteiger partial charge is 0.372 e. The Balaban J connectivity index is 1.68. The van der Waals surface area contributed by atoms with Crippen LogP contribution >= 0.6 is 11.8 Å². The minimum Gasteiger partial charge on any atom is -0.372 e. The number of likely N-dealkylation sites (tertiary alicyclic amines) is 1. The summed E-state index contributed by atoms with van der Waals surface area (Å²) in [6.07, 6.45) is 2.20. The number of piperidine rings is 1. The zero-order valence-electron chi connectivity index (χ0n) is 18.3. The van der Waals surface area contributed by atoms with E-state index in [0.717, 1.165) is 61.5 Å². The van der Waals surface area contributed by atoms with E-state index >= 15 is 0 Å². The van der Waals surface area contributed by atoms with Crippen molar-refractivity contribution in [3.05, 3.63) is 24.3 Å². The van der Waals surface area contributed by atoms with Crippen LogP contribution in [0.3, 0.4) is 0 Å².